The van der Waals surface area contributed by atoms with Crippen LogP contribution in [0.1, 0.15) is 21.5 Å². The van der Waals surface area contributed by atoms with E-state index in [2.05, 4.69) is 0 Å². The number of hydrogen-bond acceptors (Lipinski definition) is 2. The second-order valence-electron chi connectivity index (χ2n) is 4.07. The van der Waals surface area contributed by atoms with Gasteiger partial charge in [-0.2, -0.15) is 5.26 Å². The molecule has 0 aromatic heterocycles. The number of hydrogen-bond donors (Lipinski definition) is 1. The van der Waals surface area contributed by atoms with Crippen molar-refractivity contribution in [2.45, 2.75) is 0 Å². The molecule has 2 aromatic carbocycles. The zero-order valence-electron chi connectivity index (χ0n) is 10.4. The summed E-state index contributed by atoms with van der Waals surface area (Å²) in [5.41, 5.74) is 1.59. The summed E-state index contributed by atoms with van der Waals surface area (Å²) in [6.45, 7) is 0. The summed E-state index contributed by atoms with van der Waals surface area (Å²) in [4.78, 5) is 11.2. The van der Waals surface area contributed by atoms with Crippen molar-refractivity contribution in [1.82, 2.24) is 0 Å². The summed E-state index contributed by atoms with van der Waals surface area (Å²) in [7, 11) is 0. The molecule has 0 aliphatic rings. The lowest BCUT2D eigenvalue weighted by Gasteiger charge is -2.04. The third-order valence-corrected chi connectivity index (χ3v) is 3.00. The molecule has 0 saturated carbocycles. The Kier molecular flexibility index (Phi) is 4.19. The van der Waals surface area contributed by atoms with Crippen molar-refractivity contribution in [3.63, 3.8) is 0 Å². The number of aromatic carboxylic acids is 1. The minimum absolute atomic E-state index is 0.106. The zero-order valence-corrected chi connectivity index (χ0v) is 11.1. The van der Waals surface area contributed by atoms with Crippen LogP contribution < -0.4 is 0 Å². The number of allylic oxidation sites excluding steroid dienone is 1. The predicted molar refractivity (Wildman–Crippen MR) is 78.3 cm³/mol. The largest absolute Gasteiger partial charge is 0.478 e. The Morgan fingerprint density at radius 2 is 1.70 bits per heavy atom. The van der Waals surface area contributed by atoms with E-state index in [4.69, 9.17) is 16.7 Å². The summed E-state index contributed by atoms with van der Waals surface area (Å²) in [5, 5.41) is 19.0. The van der Waals surface area contributed by atoms with Gasteiger partial charge in [-0.1, -0.05) is 41.9 Å². The smallest absolute Gasteiger partial charge is 0.336 e. The quantitative estimate of drug-likeness (QED) is 0.681. The third-order valence-electron chi connectivity index (χ3n) is 2.75. The van der Waals surface area contributed by atoms with E-state index in [1.165, 1.54) is 6.07 Å². The average molecular weight is 284 g/mol. The van der Waals surface area contributed by atoms with Crippen molar-refractivity contribution >= 4 is 29.2 Å². The van der Waals surface area contributed by atoms with E-state index >= 15 is 0 Å². The van der Waals surface area contributed by atoms with Crippen molar-refractivity contribution in [2.24, 2.45) is 0 Å². The number of nitriles is 1. The summed E-state index contributed by atoms with van der Waals surface area (Å²) >= 11 is 5.80. The van der Waals surface area contributed by atoms with Crippen LogP contribution in [0.15, 0.2) is 48.5 Å². The Labute approximate surface area is 121 Å². The fraction of sp³-hybridized carbons (Fsp3) is 0. The fourth-order valence-corrected chi connectivity index (χ4v) is 1.93. The molecule has 0 heterocycles. The van der Waals surface area contributed by atoms with Crippen molar-refractivity contribution in [3.05, 3.63) is 70.2 Å². The molecular weight excluding hydrogens is 274 g/mol. The lowest BCUT2D eigenvalue weighted by molar-refractivity contribution is 0.0696. The Bertz CT molecular complexity index is 712. The maximum Gasteiger partial charge on any atom is 0.336 e. The number of carboxylic acids is 1. The van der Waals surface area contributed by atoms with E-state index in [1.807, 2.05) is 6.07 Å². The molecule has 0 atom stereocenters. The number of carbonyl (C=O) groups is 1. The van der Waals surface area contributed by atoms with Crippen LogP contribution in [0.3, 0.4) is 0 Å². The van der Waals surface area contributed by atoms with Crippen molar-refractivity contribution in [3.8, 4) is 6.07 Å². The molecule has 0 spiro atoms. The zero-order chi connectivity index (χ0) is 14.5. The van der Waals surface area contributed by atoms with Crippen molar-refractivity contribution in [2.75, 3.05) is 0 Å². The van der Waals surface area contributed by atoms with Crippen molar-refractivity contribution in [1.29, 1.82) is 5.26 Å². The molecule has 3 nitrogen and oxygen atoms in total. The molecule has 0 saturated heterocycles. The standard InChI is InChI=1S/C16H10ClNO2/c17-13-7-5-11(6-8-13)9-12(10-18)14-3-1-2-4-15(14)16(19)20/h1-9H,(H,19,20). The first-order valence-corrected chi connectivity index (χ1v) is 6.19. The monoisotopic (exact) mass is 283 g/mol. The molecule has 20 heavy (non-hydrogen) atoms. The van der Waals surface area contributed by atoms with Crippen LogP contribution in [0.4, 0.5) is 0 Å². The van der Waals surface area contributed by atoms with Crippen LogP contribution in [0.5, 0.6) is 0 Å². The third kappa shape index (κ3) is 3.05. The summed E-state index contributed by atoms with van der Waals surface area (Å²) in [6, 6.07) is 15.4. The molecule has 0 bridgehead atoms. The van der Waals surface area contributed by atoms with Crippen LogP contribution in [0.25, 0.3) is 11.6 Å². The molecule has 0 aliphatic heterocycles. The second kappa shape index (κ2) is 6.05. The van der Waals surface area contributed by atoms with E-state index in [1.54, 1.807) is 48.5 Å². The van der Waals surface area contributed by atoms with Gasteiger partial charge >= 0.3 is 5.97 Å². The molecule has 0 radical (unpaired) electrons. The summed E-state index contributed by atoms with van der Waals surface area (Å²) < 4.78 is 0. The van der Waals surface area contributed by atoms with E-state index in [-0.39, 0.29) is 5.56 Å². The topological polar surface area (TPSA) is 61.1 Å². The SMILES string of the molecule is N#CC(=Cc1ccc(Cl)cc1)c1ccccc1C(=O)O. The number of carboxylic acid groups (broad SMARTS) is 1. The van der Waals surface area contributed by atoms with Crippen LogP contribution in [0.2, 0.25) is 5.02 Å². The molecule has 0 unspecified atom stereocenters. The minimum Gasteiger partial charge on any atom is -0.478 e. The Morgan fingerprint density at radius 3 is 2.25 bits per heavy atom. The maximum absolute atomic E-state index is 11.2. The summed E-state index contributed by atoms with van der Waals surface area (Å²) in [6.07, 6.45) is 1.64. The summed E-state index contributed by atoms with van der Waals surface area (Å²) in [5.74, 6) is -1.06. The molecule has 2 aromatic rings. The van der Waals surface area contributed by atoms with Gasteiger partial charge in [0.1, 0.15) is 0 Å². The Hall–Kier alpha value is -2.57. The van der Waals surface area contributed by atoms with Gasteiger partial charge in [0.15, 0.2) is 0 Å². The van der Waals surface area contributed by atoms with E-state index in [0.717, 1.165) is 5.56 Å². The Morgan fingerprint density at radius 1 is 1.10 bits per heavy atom. The van der Waals surface area contributed by atoms with E-state index < -0.39 is 5.97 Å². The normalized spacial score (nSPS) is 10.9. The molecule has 98 valence electrons. The Balaban J connectivity index is 2.51. The van der Waals surface area contributed by atoms with E-state index in [0.29, 0.717) is 16.2 Å². The highest BCUT2D eigenvalue weighted by molar-refractivity contribution is 6.30. The van der Waals surface area contributed by atoms with Gasteiger partial charge in [-0.3, -0.25) is 0 Å². The number of rotatable bonds is 3. The van der Waals surface area contributed by atoms with Gasteiger partial charge in [0, 0.05) is 10.6 Å². The fourth-order valence-electron chi connectivity index (χ4n) is 1.80. The van der Waals surface area contributed by atoms with Gasteiger partial charge in [0.05, 0.1) is 17.2 Å². The molecule has 0 fully saturated rings. The van der Waals surface area contributed by atoms with Gasteiger partial charge in [-0.15, -0.1) is 0 Å². The first-order valence-electron chi connectivity index (χ1n) is 5.82. The second-order valence-corrected chi connectivity index (χ2v) is 4.51. The molecule has 1 N–H and O–H groups in total. The highest BCUT2D eigenvalue weighted by atomic mass is 35.5. The van der Waals surface area contributed by atoms with Gasteiger partial charge in [-0.05, 0) is 29.8 Å². The van der Waals surface area contributed by atoms with Crippen LogP contribution in [-0.2, 0) is 0 Å². The highest BCUT2D eigenvalue weighted by Gasteiger charge is 2.12. The van der Waals surface area contributed by atoms with Gasteiger partial charge < -0.3 is 5.11 Å². The molecule has 4 heteroatoms. The maximum atomic E-state index is 11.2. The average Bonchev–Trinajstić information content (AvgIpc) is 2.46. The van der Waals surface area contributed by atoms with Crippen LogP contribution >= 0.6 is 11.6 Å². The van der Waals surface area contributed by atoms with Gasteiger partial charge in [-0.25, -0.2) is 4.79 Å². The first kappa shape index (κ1) is 13.9. The predicted octanol–water partition coefficient (Wildman–Crippen LogP) is 4.10. The van der Waals surface area contributed by atoms with Crippen LogP contribution in [-0.4, -0.2) is 11.1 Å². The number of nitrogens with zero attached hydrogens (tertiary/aromatic N) is 1. The van der Waals surface area contributed by atoms with Crippen molar-refractivity contribution < 1.29 is 9.90 Å². The minimum atomic E-state index is -1.06. The highest BCUT2D eigenvalue weighted by Crippen LogP contribution is 2.22. The molecule has 2 rings (SSSR count). The number of benzene rings is 2. The molecule has 0 amide bonds. The van der Waals surface area contributed by atoms with Crippen LogP contribution in [0, 0.1) is 11.3 Å². The van der Waals surface area contributed by atoms with Gasteiger partial charge in [0.25, 0.3) is 0 Å². The van der Waals surface area contributed by atoms with Gasteiger partial charge in [0.2, 0.25) is 0 Å². The molecule has 0 aliphatic carbocycles. The first-order chi connectivity index (χ1) is 9.61. The van der Waals surface area contributed by atoms with E-state index in [9.17, 15) is 10.1 Å². The number of halogens is 1. The molecular formula is C16H10ClNO2. The lowest BCUT2D eigenvalue weighted by Crippen LogP contribution is -2.01. The lowest BCUT2D eigenvalue weighted by atomic mass is 9.98.